The van der Waals surface area contributed by atoms with E-state index in [0.29, 0.717) is 0 Å². The molecule has 2 nitrogen and oxygen atoms in total. The van der Waals surface area contributed by atoms with E-state index in [2.05, 4.69) is 35.3 Å². The monoisotopic (exact) mass is 296 g/mol. The van der Waals surface area contributed by atoms with E-state index in [0.717, 1.165) is 24.6 Å². The molecule has 2 heterocycles. The first kappa shape index (κ1) is 16.1. The summed E-state index contributed by atoms with van der Waals surface area (Å²) in [5.41, 5.74) is 4.36. The number of hydrogen-bond acceptors (Lipinski definition) is 2. The van der Waals surface area contributed by atoms with Crippen LogP contribution < -0.4 is 5.32 Å². The first-order chi connectivity index (χ1) is 10.7. The number of benzene rings is 1. The third-order valence-electron chi connectivity index (χ3n) is 5.36. The highest BCUT2D eigenvalue weighted by atomic mass is 15.2. The van der Waals surface area contributed by atoms with Crippen molar-refractivity contribution >= 4 is 7.85 Å². The maximum Gasteiger partial charge on any atom is 0.0657 e. The molecule has 2 radical (unpaired) electrons. The Kier molecular flexibility index (Phi) is 5.59. The average Bonchev–Trinajstić information content (AvgIpc) is 2.48. The standard InChI is InChI=1S/C19H29BN2/c1-15-10-16(4-7-20)2-3-19(15)11-18-13-22(14-18)12-17-5-8-21-9-6-17/h2-3,10,17-18,21H,4-9,11-14H2,1H3. The molecule has 2 fully saturated rings. The number of nitrogens with zero attached hydrogens (tertiary/aromatic N) is 1. The summed E-state index contributed by atoms with van der Waals surface area (Å²) in [7, 11) is 5.64. The van der Waals surface area contributed by atoms with Crippen LogP contribution in [0.5, 0.6) is 0 Å². The molecule has 0 spiro atoms. The van der Waals surface area contributed by atoms with Crippen LogP contribution in [0, 0.1) is 18.8 Å². The summed E-state index contributed by atoms with van der Waals surface area (Å²) in [6.45, 7) is 8.61. The Hall–Kier alpha value is -0.795. The Morgan fingerprint density at radius 3 is 2.64 bits per heavy atom. The fraction of sp³-hybridized carbons (Fsp3) is 0.684. The van der Waals surface area contributed by atoms with Crippen LogP contribution in [-0.2, 0) is 12.8 Å². The molecule has 0 bridgehead atoms. The molecule has 0 aromatic heterocycles. The maximum absolute atomic E-state index is 5.64. The number of aryl methyl sites for hydroxylation is 2. The van der Waals surface area contributed by atoms with Gasteiger partial charge in [-0.2, -0.15) is 0 Å². The van der Waals surface area contributed by atoms with Gasteiger partial charge < -0.3 is 10.2 Å². The minimum Gasteiger partial charge on any atom is -0.317 e. The van der Waals surface area contributed by atoms with E-state index in [-0.39, 0.29) is 0 Å². The Labute approximate surface area is 137 Å². The molecule has 2 aliphatic heterocycles. The molecular weight excluding hydrogens is 267 g/mol. The summed E-state index contributed by atoms with van der Waals surface area (Å²) in [6, 6.07) is 6.92. The SMILES string of the molecule is [B]CCc1ccc(CC2CN(CC3CCNCC3)C2)c(C)c1. The van der Waals surface area contributed by atoms with Gasteiger partial charge in [-0.3, -0.25) is 0 Å². The average molecular weight is 296 g/mol. The molecule has 0 unspecified atom stereocenters. The summed E-state index contributed by atoms with van der Waals surface area (Å²) in [5.74, 6) is 1.79. The zero-order valence-electron chi connectivity index (χ0n) is 14.0. The van der Waals surface area contributed by atoms with Crippen LogP contribution in [0.1, 0.15) is 29.5 Å². The highest BCUT2D eigenvalue weighted by molar-refractivity contribution is 6.08. The van der Waals surface area contributed by atoms with Crippen molar-refractivity contribution in [3.63, 3.8) is 0 Å². The van der Waals surface area contributed by atoms with E-state index < -0.39 is 0 Å². The van der Waals surface area contributed by atoms with Crippen molar-refractivity contribution in [1.29, 1.82) is 0 Å². The van der Waals surface area contributed by atoms with Gasteiger partial charge >= 0.3 is 0 Å². The summed E-state index contributed by atoms with van der Waals surface area (Å²) < 4.78 is 0. The zero-order chi connectivity index (χ0) is 15.4. The molecule has 0 amide bonds. The molecule has 3 heteroatoms. The topological polar surface area (TPSA) is 15.3 Å². The molecular formula is C19H29BN2. The lowest BCUT2D eigenvalue weighted by atomic mass is 9.87. The van der Waals surface area contributed by atoms with Crippen LogP contribution >= 0.6 is 0 Å². The van der Waals surface area contributed by atoms with Gasteiger partial charge in [-0.15, -0.1) is 0 Å². The first-order valence-electron chi connectivity index (χ1n) is 8.96. The molecule has 1 N–H and O–H groups in total. The van der Waals surface area contributed by atoms with Gasteiger partial charge in [0, 0.05) is 19.6 Å². The number of likely N-dealkylation sites (tertiary alicyclic amines) is 1. The highest BCUT2D eigenvalue weighted by Crippen LogP contribution is 2.25. The third kappa shape index (κ3) is 4.14. The smallest absolute Gasteiger partial charge is 0.0657 e. The van der Waals surface area contributed by atoms with Gasteiger partial charge in [-0.1, -0.05) is 24.5 Å². The fourth-order valence-electron chi connectivity index (χ4n) is 4.00. The van der Waals surface area contributed by atoms with Crippen molar-refractivity contribution in [2.24, 2.45) is 11.8 Å². The lowest BCUT2D eigenvalue weighted by Crippen LogP contribution is -2.50. The van der Waals surface area contributed by atoms with E-state index in [4.69, 9.17) is 7.85 Å². The van der Waals surface area contributed by atoms with E-state index in [1.165, 1.54) is 68.7 Å². The summed E-state index contributed by atoms with van der Waals surface area (Å²) in [6.07, 6.45) is 5.71. The molecule has 2 aliphatic rings. The zero-order valence-corrected chi connectivity index (χ0v) is 14.0. The second-order valence-corrected chi connectivity index (χ2v) is 7.28. The molecule has 22 heavy (non-hydrogen) atoms. The summed E-state index contributed by atoms with van der Waals surface area (Å²) in [4.78, 5) is 2.67. The quantitative estimate of drug-likeness (QED) is 0.812. The van der Waals surface area contributed by atoms with Crippen molar-refractivity contribution < 1.29 is 0 Å². The molecule has 3 rings (SSSR count). The van der Waals surface area contributed by atoms with Gasteiger partial charge in [0.15, 0.2) is 0 Å². The van der Waals surface area contributed by atoms with E-state index in [1.807, 2.05) is 0 Å². The van der Waals surface area contributed by atoms with Crippen molar-refractivity contribution in [3.8, 4) is 0 Å². The minimum atomic E-state index is 0.743. The second kappa shape index (κ2) is 7.65. The van der Waals surface area contributed by atoms with Crippen LogP contribution in [0.4, 0.5) is 0 Å². The van der Waals surface area contributed by atoms with Crippen LogP contribution in [0.25, 0.3) is 0 Å². The summed E-state index contributed by atoms with van der Waals surface area (Å²) in [5, 5.41) is 3.46. The maximum atomic E-state index is 5.64. The van der Waals surface area contributed by atoms with Crippen molar-refractivity contribution in [2.75, 3.05) is 32.7 Å². The van der Waals surface area contributed by atoms with Crippen LogP contribution in [0.3, 0.4) is 0 Å². The van der Waals surface area contributed by atoms with Gasteiger partial charge in [0.05, 0.1) is 7.85 Å². The largest absolute Gasteiger partial charge is 0.317 e. The van der Waals surface area contributed by atoms with Crippen molar-refractivity contribution in [3.05, 3.63) is 34.9 Å². The van der Waals surface area contributed by atoms with Crippen molar-refractivity contribution in [2.45, 2.75) is 38.9 Å². The first-order valence-corrected chi connectivity index (χ1v) is 8.96. The Balaban J connectivity index is 1.43. The number of rotatable bonds is 6. The van der Waals surface area contributed by atoms with Gasteiger partial charge in [-0.05, 0) is 74.2 Å². The van der Waals surface area contributed by atoms with E-state index in [1.54, 1.807) is 0 Å². The number of piperidine rings is 1. The lowest BCUT2D eigenvalue weighted by Gasteiger charge is -2.42. The molecule has 0 aliphatic carbocycles. The highest BCUT2D eigenvalue weighted by Gasteiger charge is 2.29. The summed E-state index contributed by atoms with van der Waals surface area (Å²) >= 11 is 0. The minimum absolute atomic E-state index is 0.743. The van der Waals surface area contributed by atoms with E-state index >= 15 is 0 Å². The van der Waals surface area contributed by atoms with Crippen LogP contribution in [-0.4, -0.2) is 45.5 Å². The van der Waals surface area contributed by atoms with E-state index in [9.17, 15) is 0 Å². The molecule has 118 valence electrons. The van der Waals surface area contributed by atoms with Gasteiger partial charge in [0.2, 0.25) is 0 Å². The normalized spacial score (nSPS) is 21.0. The molecule has 1 aromatic carbocycles. The Morgan fingerprint density at radius 1 is 1.18 bits per heavy atom. The van der Waals surface area contributed by atoms with Crippen molar-refractivity contribution in [1.82, 2.24) is 10.2 Å². The van der Waals surface area contributed by atoms with Crippen LogP contribution in [0.2, 0.25) is 6.32 Å². The Bertz CT molecular complexity index is 476. The Morgan fingerprint density at radius 2 is 1.95 bits per heavy atom. The predicted octanol–water partition coefficient (Wildman–Crippen LogP) is 2.60. The predicted molar refractivity (Wildman–Crippen MR) is 94.7 cm³/mol. The lowest BCUT2D eigenvalue weighted by molar-refractivity contribution is 0.0748. The fourth-order valence-corrected chi connectivity index (χ4v) is 4.00. The number of hydrogen-bond donors (Lipinski definition) is 1. The van der Waals surface area contributed by atoms with Gasteiger partial charge in [0.1, 0.15) is 0 Å². The van der Waals surface area contributed by atoms with Gasteiger partial charge in [0.25, 0.3) is 0 Å². The third-order valence-corrected chi connectivity index (χ3v) is 5.36. The number of nitrogens with one attached hydrogen (secondary N) is 1. The second-order valence-electron chi connectivity index (χ2n) is 7.28. The molecule has 1 aromatic rings. The molecule has 2 saturated heterocycles. The van der Waals surface area contributed by atoms with Gasteiger partial charge in [-0.25, -0.2) is 0 Å². The molecule has 0 atom stereocenters. The van der Waals surface area contributed by atoms with Crippen LogP contribution in [0.15, 0.2) is 18.2 Å². The molecule has 0 saturated carbocycles.